The molecule has 0 spiro atoms. The van der Waals surface area contributed by atoms with E-state index in [1.54, 1.807) is 0 Å². The van der Waals surface area contributed by atoms with Gasteiger partial charge < -0.3 is 0 Å². The molecule has 1 rings (SSSR count). The SMILES string of the molecule is CCCCB1[C]=CC=CC1. The normalized spacial score (nSPS) is 16.3. The highest BCUT2D eigenvalue weighted by Gasteiger charge is 2.08. The Hall–Kier alpha value is -0.455. The molecule has 0 fully saturated rings. The van der Waals surface area contributed by atoms with Crippen LogP contribution in [0.3, 0.4) is 0 Å². The van der Waals surface area contributed by atoms with E-state index in [0.717, 1.165) is 0 Å². The van der Waals surface area contributed by atoms with Gasteiger partial charge in [-0.05, 0) is 0 Å². The quantitative estimate of drug-likeness (QED) is 0.519. The molecule has 0 amide bonds. The Balaban J connectivity index is 2.17. The van der Waals surface area contributed by atoms with E-state index in [4.69, 9.17) is 0 Å². The third kappa shape index (κ3) is 2.42. The van der Waals surface area contributed by atoms with Crippen LogP contribution in [0.5, 0.6) is 0 Å². The summed E-state index contributed by atoms with van der Waals surface area (Å²) < 4.78 is 0. The first-order chi connectivity index (χ1) is 4.93. The van der Waals surface area contributed by atoms with Gasteiger partial charge in [0.1, 0.15) is 0 Å². The molecule has 0 N–H and O–H groups in total. The number of allylic oxidation sites excluding steroid dienone is 3. The lowest BCUT2D eigenvalue weighted by Crippen LogP contribution is -2.09. The summed E-state index contributed by atoms with van der Waals surface area (Å²) in [7, 11) is 0. The third-order valence-electron chi connectivity index (χ3n) is 1.89. The molecule has 0 aliphatic carbocycles. The van der Waals surface area contributed by atoms with E-state index in [-0.39, 0.29) is 0 Å². The summed E-state index contributed by atoms with van der Waals surface area (Å²) in [6, 6.07) is 0. The summed E-state index contributed by atoms with van der Waals surface area (Å²) in [5.74, 6) is 3.34. The molecular weight excluding hydrogens is 119 g/mol. The molecule has 0 saturated carbocycles. The maximum atomic E-state index is 3.34. The monoisotopic (exact) mass is 133 g/mol. The van der Waals surface area contributed by atoms with Crippen LogP contribution in [0.1, 0.15) is 19.8 Å². The van der Waals surface area contributed by atoms with Crippen LogP contribution in [0.15, 0.2) is 18.2 Å². The predicted octanol–water partition coefficient (Wildman–Crippen LogP) is 2.75. The van der Waals surface area contributed by atoms with Gasteiger partial charge in [0, 0.05) is 0 Å². The lowest BCUT2D eigenvalue weighted by atomic mass is 9.43. The van der Waals surface area contributed by atoms with Crippen molar-refractivity contribution in [3.05, 3.63) is 24.2 Å². The van der Waals surface area contributed by atoms with Crippen molar-refractivity contribution in [2.75, 3.05) is 0 Å². The Bertz CT molecular complexity index is 136. The number of unbranched alkanes of at least 4 members (excludes halogenated alkanes) is 1. The maximum Gasteiger partial charge on any atom is 0.178 e. The summed E-state index contributed by atoms with van der Waals surface area (Å²) in [6.07, 6.45) is 11.5. The number of hydrogen-bond acceptors (Lipinski definition) is 0. The van der Waals surface area contributed by atoms with Crippen LogP contribution in [-0.4, -0.2) is 6.71 Å². The molecular formula is C9H14B. The summed E-state index contributed by atoms with van der Waals surface area (Å²) in [6.45, 7) is 2.95. The molecule has 1 aliphatic rings. The van der Waals surface area contributed by atoms with Crippen LogP contribution in [0.25, 0.3) is 0 Å². The van der Waals surface area contributed by atoms with Gasteiger partial charge in [0.05, 0.1) is 0 Å². The first-order valence-electron chi connectivity index (χ1n) is 4.18. The molecule has 0 nitrogen and oxygen atoms in total. The lowest BCUT2D eigenvalue weighted by molar-refractivity contribution is 0.874. The van der Waals surface area contributed by atoms with Crippen molar-refractivity contribution in [2.45, 2.75) is 32.4 Å². The van der Waals surface area contributed by atoms with Gasteiger partial charge in [0.15, 0.2) is 6.71 Å². The van der Waals surface area contributed by atoms with Crippen LogP contribution in [0, 0.1) is 5.98 Å². The van der Waals surface area contributed by atoms with Crippen molar-refractivity contribution in [2.24, 2.45) is 0 Å². The van der Waals surface area contributed by atoms with Crippen LogP contribution in [0.4, 0.5) is 0 Å². The van der Waals surface area contributed by atoms with Crippen molar-refractivity contribution in [1.29, 1.82) is 0 Å². The minimum Gasteiger partial charge on any atom is -0.0914 e. The topological polar surface area (TPSA) is 0 Å². The fraction of sp³-hybridized carbons (Fsp3) is 0.556. The molecule has 0 unspecified atom stereocenters. The molecule has 0 atom stereocenters. The van der Waals surface area contributed by atoms with Crippen molar-refractivity contribution >= 4 is 6.71 Å². The average Bonchev–Trinajstić information content (AvgIpc) is 2.03. The summed E-state index contributed by atoms with van der Waals surface area (Å²) in [5.41, 5.74) is 0. The molecule has 0 aromatic rings. The largest absolute Gasteiger partial charge is 0.178 e. The molecule has 0 aromatic carbocycles. The standard InChI is InChI=1S/C9H14B/c1-2-3-7-10-8-5-4-6-9-10/h4-6H,2-3,7-8H2,1H3. The van der Waals surface area contributed by atoms with Crippen molar-refractivity contribution < 1.29 is 0 Å². The van der Waals surface area contributed by atoms with E-state index in [0.29, 0.717) is 6.71 Å². The fourth-order valence-corrected chi connectivity index (χ4v) is 1.22. The first-order valence-corrected chi connectivity index (χ1v) is 4.18. The van der Waals surface area contributed by atoms with E-state index in [9.17, 15) is 0 Å². The molecule has 10 heavy (non-hydrogen) atoms. The van der Waals surface area contributed by atoms with E-state index >= 15 is 0 Å². The number of hydrogen-bond donors (Lipinski definition) is 0. The van der Waals surface area contributed by atoms with Gasteiger partial charge in [-0.3, -0.25) is 0 Å². The van der Waals surface area contributed by atoms with E-state index in [2.05, 4.69) is 25.1 Å². The molecule has 1 heterocycles. The second-order valence-corrected chi connectivity index (χ2v) is 2.84. The second kappa shape index (κ2) is 4.37. The highest BCUT2D eigenvalue weighted by atomic mass is 13.8. The zero-order valence-corrected chi connectivity index (χ0v) is 6.64. The maximum absolute atomic E-state index is 3.34. The highest BCUT2D eigenvalue weighted by molar-refractivity contribution is 6.62. The molecule has 53 valence electrons. The van der Waals surface area contributed by atoms with Gasteiger partial charge in [-0.2, -0.15) is 0 Å². The highest BCUT2D eigenvalue weighted by Crippen LogP contribution is 2.10. The van der Waals surface area contributed by atoms with Gasteiger partial charge >= 0.3 is 0 Å². The van der Waals surface area contributed by atoms with Gasteiger partial charge in [-0.15, -0.1) is 0 Å². The zero-order valence-electron chi connectivity index (χ0n) is 6.64. The van der Waals surface area contributed by atoms with Gasteiger partial charge in [-0.25, -0.2) is 0 Å². The van der Waals surface area contributed by atoms with Crippen molar-refractivity contribution in [3.63, 3.8) is 0 Å². The fourth-order valence-electron chi connectivity index (χ4n) is 1.22. The van der Waals surface area contributed by atoms with Gasteiger partial charge in [0.2, 0.25) is 0 Å². The van der Waals surface area contributed by atoms with Crippen LogP contribution < -0.4 is 0 Å². The Kier molecular flexibility index (Phi) is 3.35. The summed E-state index contributed by atoms with van der Waals surface area (Å²) in [4.78, 5) is 0. The lowest BCUT2D eigenvalue weighted by Gasteiger charge is -2.06. The van der Waals surface area contributed by atoms with Crippen LogP contribution in [0.2, 0.25) is 12.6 Å². The zero-order chi connectivity index (χ0) is 7.23. The Morgan fingerprint density at radius 2 is 2.50 bits per heavy atom. The Morgan fingerprint density at radius 3 is 3.10 bits per heavy atom. The smallest absolute Gasteiger partial charge is 0.0914 e. The average molecular weight is 133 g/mol. The van der Waals surface area contributed by atoms with E-state index in [1.807, 2.05) is 6.08 Å². The minimum atomic E-state index is 0.713. The summed E-state index contributed by atoms with van der Waals surface area (Å²) >= 11 is 0. The van der Waals surface area contributed by atoms with Crippen LogP contribution in [-0.2, 0) is 0 Å². The predicted molar refractivity (Wildman–Crippen MR) is 47.2 cm³/mol. The van der Waals surface area contributed by atoms with Crippen LogP contribution >= 0.6 is 0 Å². The minimum absolute atomic E-state index is 0.713. The molecule has 1 heteroatoms. The molecule has 1 aliphatic heterocycles. The van der Waals surface area contributed by atoms with E-state index < -0.39 is 0 Å². The third-order valence-corrected chi connectivity index (χ3v) is 1.89. The Labute approximate surface area is 64.1 Å². The number of rotatable bonds is 3. The van der Waals surface area contributed by atoms with E-state index in [1.165, 1.54) is 25.5 Å². The molecule has 0 saturated heterocycles. The molecule has 0 aromatic heterocycles. The van der Waals surface area contributed by atoms with Crippen molar-refractivity contribution in [1.82, 2.24) is 0 Å². The Morgan fingerprint density at radius 1 is 1.60 bits per heavy atom. The molecule has 0 bridgehead atoms. The van der Waals surface area contributed by atoms with Gasteiger partial charge in [0.25, 0.3) is 0 Å². The van der Waals surface area contributed by atoms with Crippen molar-refractivity contribution in [3.8, 4) is 0 Å². The molecule has 1 radical (unpaired) electrons. The van der Waals surface area contributed by atoms with Gasteiger partial charge in [-0.1, -0.05) is 56.6 Å². The summed E-state index contributed by atoms with van der Waals surface area (Å²) in [5, 5.41) is 0. The second-order valence-electron chi connectivity index (χ2n) is 2.84. The first kappa shape index (κ1) is 7.65.